The van der Waals surface area contributed by atoms with Crippen LogP contribution in [0.3, 0.4) is 0 Å². The highest BCUT2D eigenvalue weighted by Gasteiger charge is 2.13. The number of hydrogen-bond acceptors (Lipinski definition) is 3. The molecule has 0 unspecified atom stereocenters. The van der Waals surface area contributed by atoms with E-state index in [-0.39, 0.29) is 0 Å². The van der Waals surface area contributed by atoms with Crippen molar-refractivity contribution in [1.29, 1.82) is 0 Å². The van der Waals surface area contributed by atoms with Gasteiger partial charge in [0.15, 0.2) is 0 Å². The quantitative estimate of drug-likeness (QED) is 0.911. The monoisotopic (exact) mass is 253 g/mol. The number of aromatic nitrogens is 1. The number of fused-ring (bicyclic) bond motifs is 1. The summed E-state index contributed by atoms with van der Waals surface area (Å²) in [6, 6.07) is 10.8. The van der Waals surface area contributed by atoms with Crippen molar-refractivity contribution >= 4 is 11.4 Å². The van der Waals surface area contributed by atoms with Crippen LogP contribution in [0, 0.1) is 0 Å². The van der Waals surface area contributed by atoms with Gasteiger partial charge >= 0.3 is 0 Å². The van der Waals surface area contributed by atoms with E-state index in [2.05, 4.69) is 40.4 Å². The van der Waals surface area contributed by atoms with Gasteiger partial charge < -0.3 is 10.2 Å². The maximum atomic E-state index is 4.11. The molecule has 1 aliphatic rings. The first-order valence-corrected chi connectivity index (χ1v) is 6.80. The molecule has 3 heteroatoms. The lowest BCUT2D eigenvalue weighted by molar-refractivity contribution is 0.743. The van der Waals surface area contributed by atoms with E-state index in [1.54, 1.807) is 6.20 Å². The third-order valence-electron chi connectivity index (χ3n) is 3.65. The van der Waals surface area contributed by atoms with Gasteiger partial charge in [0, 0.05) is 38.2 Å². The van der Waals surface area contributed by atoms with Crippen LogP contribution in [0.1, 0.15) is 17.5 Å². The van der Waals surface area contributed by atoms with Crippen molar-refractivity contribution in [2.75, 3.05) is 23.8 Å². The minimum Gasteiger partial charge on any atom is -0.380 e. The van der Waals surface area contributed by atoms with E-state index >= 15 is 0 Å². The first-order valence-electron chi connectivity index (χ1n) is 6.80. The Bertz CT molecular complexity index is 551. The van der Waals surface area contributed by atoms with Gasteiger partial charge in [0.05, 0.1) is 5.69 Å². The van der Waals surface area contributed by atoms with E-state index in [0.29, 0.717) is 0 Å². The second kappa shape index (κ2) is 5.31. The van der Waals surface area contributed by atoms with Crippen molar-refractivity contribution in [1.82, 2.24) is 4.98 Å². The van der Waals surface area contributed by atoms with Crippen molar-refractivity contribution in [2.45, 2.75) is 19.4 Å². The summed E-state index contributed by atoms with van der Waals surface area (Å²) in [5.41, 5.74) is 5.26. The van der Waals surface area contributed by atoms with E-state index < -0.39 is 0 Å². The van der Waals surface area contributed by atoms with Gasteiger partial charge in [0.25, 0.3) is 0 Å². The summed E-state index contributed by atoms with van der Waals surface area (Å²) in [6.45, 7) is 2.02. The Kier molecular flexibility index (Phi) is 3.36. The molecule has 19 heavy (non-hydrogen) atoms. The van der Waals surface area contributed by atoms with E-state index in [9.17, 15) is 0 Å². The van der Waals surface area contributed by atoms with Crippen LogP contribution in [0.4, 0.5) is 11.4 Å². The molecule has 0 saturated carbocycles. The number of nitrogens with one attached hydrogen (secondary N) is 1. The summed E-state index contributed by atoms with van der Waals surface area (Å²) in [4.78, 5) is 6.45. The normalized spacial score (nSPS) is 14.1. The molecule has 0 aliphatic carbocycles. The SMILES string of the molecule is CN1CCCc2cc(CNc3cccnc3)ccc21. The van der Waals surface area contributed by atoms with Crippen molar-refractivity contribution in [3.63, 3.8) is 0 Å². The maximum Gasteiger partial charge on any atom is 0.0529 e. The smallest absolute Gasteiger partial charge is 0.0529 e. The predicted molar refractivity (Wildman–Crippen MR) is 79.6 cm³/mol. The van der Waals surface area contributed by atoms with Gasteiger partial charge in [-0.15, -0.1) is 0 Å². The minimum absolute atomic E-state index is 0.850. The lowest BCUT2D eigenvalue weighted by Gasteiger charge is -2.27. The molecule has 2 aromatic rings. The summed E-state index contributed by atoms with van der Waals surface area (Å²) < 4.78 is 0. The van der Waals surface area contributed by atoms with Gasteiger partial charge in [0.2, 0.25) is 0 Å². The topological polar surface area (TPSA) is 28.2 Å². The molecule has 0 amide bonds. The average molecular weight is 253 g/mol. The highest BCUT2D eigenvalue weighted by atomic mass is 15.1. The molecule has 1 aromatic carbocycles. The number of nitrogens with zero attached hydrogens (tertiary/aromatic N) is 2. The van der Waals surface area contributed by atoms with Crippen LogP contribution in [0.15, 0.2) is 42.7 Å². The minimum atomic E-state index is 0.850. The Morgan fingerprint density at radius 1 is 1.32 bits per heavy atom. The Labute approximate surface area is 114 Å². The molecule has 0 saturated heterocycles. The molecule has 1 aliphatic heterocycles. The highest BCUT2D eigenvalue weighted by Crippen LogP contribution is 2.26. The molecule has 1 aromatic heterocycles. The van der Waals surface area contributed by atoms with E-state index in [1.807, 2.05) is 18.3 Å². The zero-order chi connectivity index (χ0) is 13.1. The second-order valence-corrected chi connectivity index (χ2v) is 5.08. The first-order chi connectivity index (χ1) is 9.33. The predicted octanol–water partition coefficient (Wildman–Crippen LogP) is 3.08. The van der Waals surface area contributed by atoms with Crippen molar-refractivity contribution < 1.29 is 0 Å². The van der Waals surface area contributed by atoms with E-state index in [0.717, 1.165) is 12.2 Å². The van der Waals surface area contributed by atoms with Crippen LogP contribution in [0.5, 0.6) is 0 Å². The Morgan fingerprint density at radius 3 is 3.11 bits per heavy atom. The molecule has 98 valence electrons. The van der Waals surface area contributed by atoms with Gasteiger partial charge in [-0.25, -0.2) is 0 Å². The molecular weight excluding hydrogens is 234 g/mol. The van der Waals surface area contributed by atoms with Crippen LogP contribution < -0.4 is 10.2 Å². The second-order valence-electron chi connectivity index (χ2n) is 5.08. The largest absolute Gasteiger partial charge is 0.380 e. The molecule has 0 bridgehead atoms. The van der Waals surface area contributed by atoms with Gasteiger partial charge in [-0.3, -0.25) is 4.98 Å². The lowest BCUT2D eigenvalue weighted by Crippen LogP contribution is -2.24. The van der Waals surface area contributed by atoms with E-state index in [1.165, 1.54) is 36.2 Å². The number of anilines is 2. The van der Waals surface area contributed by atoms with Gasteiger partial charge in [0.1, 0.15) is 0 Å². The Morgan fingerprint density at radius 2 is 2.26 bits per heavy atom. The van der Waals surface area contributed by atoms with Crippen molar-refractivity contribution in [3.8, 4) is 0 Å². The fourth-order valence-corrected chi connectivity index (χ4v) is 2.62. The Balaban J connectivity index is 1.72. The van der Waals surface area contributed by atoms with Crippen LogP contribution in [0.25, 0.3) is 0 Å². The number of rotatable bonds is 3. The van der Waals surface area contributed by atoms with Crippen molar-refractivity contribution in [3.05, 3.63) is 53.9 Å². The van der Waals surface area contributed by atoms with Crippen LogP contribution in [-0.4, -0.2) is 18.6 Å². The Hall–Kier alpha value is -2.03. The molecule has 2 heterocycles. The van der Waals surface area contributed by atoms with Crippen LogP contribution in [0.2, 0.25) is 0 Å². The zero-order valence-electron chi connectivity index (χ0n) is 11.3. The first kappa shape index (κ1) is 12.0. The average Bonchev–Trinajstić information content (AvgIpc) is 2.46. The summed E-state index contributed by atoms with van der Waals surface area (Å²) >= 11 is 0. The summed E-state index contributed by atoms with van der Waals surface area (Å²) in [6.07, 6.45) is 6.09. The highest BCUT2D eigenvalue weighted by molar-refractivity contribution is 5.56. The summed E-state index contributed by atoms with van der Waals surface area (Å²) in [5, 5.41) is 3.40. The molecule has 0 spiro atoms. The molecule has 3 nitrogen and oxygen atoms in total. The van der Waals surface area contributed by atoms with Crippen molar-refractivity contribution in [2.24, 2.45) is 0 Å². The molecule has 0 radical (unpaired) electrons. The number of aryl methyl sites for hydroxylation is 1. The number of pyridine rings is 1. The third kappa shape index (κ3) is 2.70. The lowest BCUT2D eigenvalue weighted by atomic mass is 9.99. The standard InChI is InChI=1S/C16H19N3/c1-19-9-3-4-14-10-13(6-7-16(14)19)11-18-15-5-2-8-17-12-15/h2,5-8,10,12,18H,3-4,9,11H2,1H3. The van der Waals surface area contributed by atoms with Crippen LogP contribution >= 0.6 is 0 Å². The number of benzene rings is 1. The fourth-order valence-electron chi connectivity index (χ4n) is 2.62. The summed E-state index contributed by atoms with van der Waals surface area (Å²) in [7, 11) is 2.17. The fraction of sp³-hybridized carbons (Fsp3) is 0.312. The van der Waals surface area contributed by atoms with E-state index in [4.69, 9.17) is 0 Å². The van der Waals surface area contributed by atoms with Gasteiger partial charge in [-0.1, -0.05) is 12.1 Å². The molecule has 0 fully saturated rings. The maximum absolute atomic E-state index is 4.11. The summed E-state index contributed by atoms with van der Waals surface area (Å²) in [5.74, 6) is 0. The molecular formula is C16H19N3. The van der Waals surface area contributed by atoms with Crippen LogP contribution in [-0.2, 0) is 13.0 Å². The molecule has 1 N–H and O–H groups in total. The molecule has 3 rings (SSSR count). The van der Waals surface area contributed by atoms with Gasteiger partial charge in [-0.2, -0.15) is 0 Å². The zero-order valence-corrected chi connectivity index (χ0v) is 11.3. The third-order valence-corrected chi connectivity index (χ3v) is 3.65. The molecule has 0 atom stereocenters. The van der Waals surface area contributed by atoms with Gasteiger partial charge in [-0.05, 0) is 42.2 Å². The number of hydrogen-bond donors (Lipinski definition) is 1.